The first kappa shape index (κ1) is 26.7. The fraction of sp³-hybridized carbons (Fsp3) is 0.536. The molecule has 4 heterocycles. The zero-order chi connectivity index (χ0) is 28.3. The van der Waals surface area contributed by atoms with Crippen LogP contribution in [0.15, 0.2) is 24.8 Å². The molecule has 1 amide bonds. The Bertz CT molecular complexity index is 1440. The van der Waals surface area contributed by atoms with Gasteiger partial charge in [-0.05, 0) is 50.5 Å². The molecule has 2 saturated carbocycles. The Balaban J connectivity index is 1.08. The second kappa shape index (κ2) is 11.6. The third-order valence-corrected chi connectivity index (χ3v) is 8.02. The van der Waals surface area contributed by atoms with E-state index in [1.165, 1.54) is 0 Å². The number of imidazole rings is 1. The number of piperidine rings is 1. The lowest BCUT2D eigenvalue weighted by molar-refractivity contribution is 0.0904. The summed E-state index contributed by atoms with van der Waals surface area (Å²) < 4.78 is 13.8. The van der Waals surface area contributed by atoms with Crippen molar-refractivity contribution in [2.45, 2.75) is 44.6 Å². The predicted molar refractivity (Wildman–Crippen MR) is 149 cm³/mol. The van der Waals surface area contributed by atoms with Gasteiger partial charge in [0, 0.05) is 50.1 Å². The summed E-state index contributed by atoms with van der Waals surface area (Å²) in [6.45, 7) is 2.25. The summed E-state index contributed by atoms with van der Waals surface area (Å²) in [5.41, 5.74) is 7.75. The SMILES string of the molecule is Cn1cnc(-c2cnc(N)c(OCC3CCN(c4nc(OC[C@H]5C[C@H]5C#N)nc(C(=O)NC5CCC5)n4)CC3)c2)c1. The molecule has 1 aliphatic heterocycles. The summed E-state index contributed by atoms with van der Waals surface area (Å²) in [6, 6.07) is 4.43. The highest BCUT2D eigenvalue weighted by Gasteiger charge is 2.38. The summed E-state index contributed by atoms with van der Waals surface area (Å²) in [7, 11) is 1.92. The van der Waals surface area contributed by atoms with E-state index in [1.807, 2.05) is 23.9 Å². The number of amides is 1. The number of nitrogens with one attached hydrogen (secondary N) is 1. The maximum absolute atomic E-state index is 12.9. The van der Waals surface area contributed by atoms with Gasteiger partial charge in [0.15, 0.2) is 11.6 Å². The van der Waals surface area contributed by atoms with E-state index in [0.29, 0.717) is 49.7 Å². The van der Waals surface area contributed by atoms with Crippen molar-refractivity contribution in [1.82, 2.24) is 34.8 Å². The summed E-state index contributed by atoms with van der Waals surface area (Å²) in [4.78, 5) is 36.9. The number of aryl methyl sites for hydroxylation is 1. The van der Waals surface area contributed by atoms with E-state index < -0.39 is 0 Å². The number of ether oxygens (including phenoxy) is 2. The number of anilines is 2. The van der Waals surface area contributed by atoms with Crippen molar-refractivity contribution in [3.8, 4) is 29.1 Å². The van der Waals surface area contributed by atoms with Gasteiger partial charge in [-0.15, -0.1) is 0 Å². The van der Waals surface area contributed by atoms with Gasteiger partial charge in [0.2, 0.25) is 11.8 Å². The number of pyridine rings is 1. The monoisotopic (exact) mass is 558 g/mol. The minimum atomic E-state index is -0.313. The maximum atomic E-state index is 12.9. The molecule has 0 radical (unpaired) electrons. The van der Waals surface area contributed by atoms with E-state index >= 15 is 0 Å². The molecule has 0 aromatic carbocycles. The number of hydrogen-bond donors (Lipinski definition) is 2. The standard InChI is InChI=1S/C28H34N10O3/c1-37-13-22(32-16-37)19-10-23(24(30)31-12-19)40-14-17-5-7-38(8-6-17)27-34-25(26(39)33-21-3-2-4-21)35-28(36-27)41-15-20-9-18(20)11-29/h10,12-13,16-18,20-21H,2-9,14-15H2,1H3,(H2,30,31)(H,33,39)/t18-,20+/m0/s1. The topological polar surface area (TPSA) is 170 Å². The number of nitrogen functional groups attached to an aromatic ring is 1. The Morgan fingerprint density at radius 1 is 1.15 bits per heavy atom. The van der Waals surface area contributed by atoms with Crippen molar-refractivity contribution in [2.24, 2.45) is 24.8 Å². The number of carbonyl (C=O) groups is 1. The predicted octanol–water partition coefficient (Wildman–Crippen LogP) is 2.37. The maximum Gasteiger partial charge on any atom is 0.321 e. The molecule has 3 aliphatic rings. The number of rotatable bonds is 10. The van der Waals surface area contributed by atoms with Crippen LogP contribution in [-0.4, -0.2) is 67.7 Å². The van der Waals surface area contributed by atoms with E-state index in [0.717, 1.165) is 49.8 Å². The van der Waals surface area contributed by atoms with Gasteiger partial charge in [0.25, 0.3) is 5.91 Å². The molecule has 0 spiro atoms. The molecule has 3 aromatic heterocycles. The van der Waals surface area contributed by atoms with Crippen molar-refractivity contribution >= 4 is 17.7 Å². The summed E-state index contributed by atoms with van der Waals surface area (Å²) in [5, 5.41) is 12.1. The zero-order valence-corrected chi connectivity index (χ0v) is 23.1. The van der Waals surface area contributed by atoms with Crippen molar-refractivity contribution in [1.29, 1.82) is 5.26 Å². The third kappa shape index (κ3) is 6.32. The minimum absolute atomic E-state index is 0.0163. The number of carbonyl (C=O) groups excluding carboxylic acids is 1. The smallest absolute Gasteiger partial charge is 0.321 e. The first-order valence-electron chi connectivity index (χ1n) is 14.2. The first-order chi connectivity index (χ1) is 19.9. The molecule has 1 saturated heterocycles. The van der Waals surface area contributed by atoms with Crippen LogP contribution < -0.4 is 25.4 Å². The van der Waals surface area contributed by atoms with E-state index in [2.05, 4.69) is 41.2 Å². The van der Waals surface area contributed by atoms with Gasteiger partial charge >= 0.3 is 6.01 Å². The number of hydrogen-bond acceptors (Lipinski definition) is 11. The minimum Gasteiger partial charge on any atom is -0.489 e. The summed E-state index contributed by atoms with van der Waals surface area (Å²) >= 11 is 0. The van der Waals surface area contributed by atoms with Crippen LogP contribution in [0.4, 0.5) is 11.8 Å². The number of nitrogens with zero attached hydrogens (tertiary/aromatic N) is 8. The number of nitrogens with two attached hydrogens (primary N) is 1. The first-order valence-corrected chi connectivity index (χ1v) is 14.2. The van der Waals surface area contributed by atoms with Crippen LogP contribution in [0.3, 0.4) is 0 Å². The lowest BCUT2D eigenvalue weighted by atomic mass is 9.93. The fourth-order valence-electron chi connectivity index (χ4n) is 5.01. The van der Waals surface area contributed by atoms with Crippen LogP contribution in [0.25, 0.3) is 11.3 Å². The molecule has 3 N–H and O–H groups in total. The van der Waals surface area contributed by atoms with Gasteiger partial charge in [-0.2, -0.15) is 20.2 Å². The highest BCUT2D eigenvalue weighted by atomic mass is 16.5. The van der Waals surface area contributed by atoms with Crippen molar-refractivity contribution in [3.05, 3.63) is 30.6 Å². The van der Waals surface area contributed by atoms with E-state index in [4.69, 9.17) is 20.5 Å². The molecule has 13 heteroatoms. The Morgan fingerprint density at radius 3 is 2.66 bits per heavy atom. The lowest BCUT2D eigenvalue weighted by Gasteiger charge is -2.32. The van der Waals surface area contributed by atoms with Crippen molar-refractivity contribution < 1.29 is 14.3 Å². The molecule has 0 unspecified atom stereocenters. The lowest BCUT2D eigenvalue weighted by Crippen LogP contribution is -2.41. The second-order valence-corrected chi connectivity index (χ2v) is 11.2. The largest absolute Gasteiger partial charge is 0.489 e. The Hall–Kier alpha value is -4.47. The molecular formula is C28H34N10O3. The van der Waals surface area contributed by atoms with Crippen molar-refractivity contribution in [3.63, 3.8) is 0 Å². The molecule has 2 atom stereocenters. The molecule has 13 nitrogen and oxygen atoms in total. The average Bonchev–Trinajstić information content (AvgIpc) is 3.61. The Labute approximate surface area is 238 Å². The van der Waals surface area contributed by atoms with Crippen LogP contribution in [0.2, 0.25) is 0 Å². The molecule has 6 rings (SSSR count). The average molecular weight is 559 g/mol. The van der Waals surface area contributed by atoms with E-state index in [9.17, 15) is 4.79 Å². The van der Waals surface area contributed by atoms with Crippen LogP contribution in [-0.2, 0) is 7.05 Å². The molecule has 3 aromatic rings. The van der Waals surface area contributed by atoms with Gasteiger partial charge in [0.1, 0.15) is 0 Å². The normalized spacial score (nSPS) is 20.6. The Kier molecular flexibility index (Phi) is 7.54. The number of aromatic nitrogens is 6. The van der Waals surface area contributed by atoms with Crippen LogP contribution in [0.5, 0.6) is 11.8 Å². The highest BCUT2D eigenvalue weighted by molar-refractivity contribution is 5.91. The van der Waals surface area contributed by atoms with Gasteiger partial charge in [0.05, 0.1) is 37.2 Å². The van der Waals surface area contributed by atoms with Gasteiger partial charge in [-0.25, -0.2) is 9.97 Å². The highest BCUT2D eigenvalue weighted by Crippen LogP contribution is 2.37. The Morgan fingerprint density at radius 2 is 1.98 bits per heavy atom. The second-order valence-electron chi connectivity index (χ2n) is 11.2. The number of nitriles is 1. The summed E-state index contributed by atoms with van der Waals surface area (Å²) in [6.07, 6.45) is 10.9. The zero-order valence-electron chi connectivity index (χ0n) is 23.1. The third-order valence-electron chi connectivity index (χ3n) is 8.02. The van der Waals surface area contributed by atoms with Gasteiger partial charge in [-0.1, -0.05) is 0 Å². The molecule has 214 valence electrons. The molecule has 41 heavy (non-hydrogen) atoms. The molecule has 3 fully saturated rings. The summed E-state index contributed by atoms with van der Waals surface area (Å²) in [5.74, 6) is 1.57. The van der Waals surface area contributed by atoms with Crippen LogP contribution in [0, 0.1) is 29.1 Å². The van der Waals surface area contributed by atoms with Gasteiger partial charge in [-0.3, -0.25) is 4.79 Å². The molecular weight excluding hydrogens is 524 g/mol. The van der Waals surface area contributed by atoms with Crippen LogP contribution >= 0.6 is 0 Å². The van der Waals surface area contributed by atoms with E-state index in [-0.39, 0.29) is 35.6 Å². The fourth-order valence-corrected chi connectivity index (χ4v) is 5.01. The van der Waals surface area contributed by atoms with Crippen molar-refractivity contribution in [2.75, 3.05) is 36.9 Å². The van der Waals surface area contributed by atoms with E-state index in [1.54, 1.807) is 12.5 Å². The van der Waals surface area contributed by atoms with Crippen LogP contribution in [0.1, 0.15) is 49.1 Å². The quantitative estimate of drug-likeness (QED) is 0.374. The molecule has 2 aliphatic carbocycles. The molecule has 0 bridgehead atoms. The van der Waals surface area contributed by atoms with Gasteiger partial charge < -0.3 is 30.0 Å².